The molecule has 4 heterocycles. The number of carbonyl (C=O) groups is 2. The van der Waals surface area contributed by atoms with Gasteiger partial charge in [-0.2, -0.15) is 0 Å². The molecule has 2 aliphatic rings. The lowest BCUT2D eigenvalue weighted by Crippen LogP contribution is -2.42. The molecule has 10 nitrogen and oxygen atoms in total. The second-order valence-corrected chi connectivity index (χ2v) is 11.2. The van der Waals surface area contributed by atoms with Gasteiger partial charge >= 0.3 is 11.9 Å². The van der Waals surface area contributed by atoms with E-state index in [4.69, 9.17) is 26.1 Å². The molecule has 2 aliphatic heterocycles. The summed E-state index contributed by atoms with van der Waals surface area (Å²) in [6, 6.07) is 1.24. The van der Waals surface area contributed by atoms with Gasteiger partial charge in [0.15, 0.2) is 22.5 Å². The third kappa shape index (κ3) is 6.37. The molecule has 0 aliphatic carbocycles. The first-order chi connectivity index (χ1) is 20.7. The Balaban J connectivity index is 1.45. The second kappa shape index (κ2) is 13.1. The van der Waals surface area contributed by atoms with Gasteiger partial charge in [0, 0.05) is 59.3 Å². The Bertz CT molecular complexity index is 1590. The zero-order valence-corrected chi connectivity index (χ0v) is 25.3. The van der Waals surface area contributed by atoms with Crippen LogP contribution in [-0.4, -0.2) is 59.5 Å². The molecule has 5 rings (SSSR count). The molecule has 14 heteroatoms. The molecular weight excluding hydrogens is 602 g/mol. The summed E-state index contributed by atoms with van der Waals surface area (Å²) < 4.78 is 38.7. The van der Waals surface area contributed by atoms with Crippen molar-refractivity contribution in [3.63, 3.8) is 0 Å². The Morgan fingerprint density at radius 1 is 1.21 bits per heavy atom. The molecule has 1 aromatic carbocycles. The van der Waals surface area contributed by atoms with Crippen molar-refractivity contribution >= 4 is 46.7 Å². The van der Waals surface area contributed by atoms with E-state index in [9.17, 15) is 18.4 Å². The molecule has 3 aromatic rings. The predicted molar refractivity (Wildman–Crippen MR) is 157 cm³/mol. The number of esters is 2. The molecule has 1 atom stereocenters. The van der Waals surface area contributed by atoms with Crippen molar-refractivity contribution in [3.05, 3.63) is 79.7 Å². The number of aryl methyl sites for hydroxylation is 1. The van der Waals surface area contributed by atoms with Crippen LogP contribution in [0.5, 0.6) is 0 Å². The number of aliphatic imine (C=N–C) groups is 1. The van der Waals surface area contributed by atoms with Crippen LogP contribution in [0.4, 0.5) is 14.7 Å². The van der Waals surface area contributed by atoms with E-state index in [1.54, 1.807) is 24.7 Å². The van der Waals surface area contributed by atoms with Crippen molar-refractivity contribution in [2.45, 2.75) is 39.2 Å². The second-order valence-electron chi connectivity index (χ2n) is 9.95. The summed E-state index contributed by atoms with van der Waals surface area (Å²) in [7, 11) is 1.25. The maximum absolute atomic E-state index is 14.6. The molecule has 2 aromatic heterocycles. The van der Waals surface area contributed by atoms with Gasteiger partial charge in [-0.15, -0.1) is 11.3 Å². The number of piperidine rings is 1. The smallest absolute Gasteiger partial charge is 0.338 e. The van der Waals surface area contributed by atoms with Crippen LogP contribution in [0.1, 0.15) is 47.6 Å². The Labute approximate surface area is 255 Å². The molecule has 0 radical (unpaired) electrons. The quantitative estimate of drug-likeness (QED) is 0.279. The lowest BCUT2D eigenvalue weighted by molar-refractivity contribution is -0.142. The first kappa shape index (κ1) is 30.5. The van der Waals surface area contributed by atoms with E-state index < -0.39 is 28.7 Å². The maximum atomic E-state index is 14.6. The van der Waals surface area contributed by atoms with Crippen molar-refractivity contribution in [3.8, 4) is 0 Å². The molecule has 0 bridgehead atoms. The van der Waals surface area contributed by atoms with Gasteiger partial charge in [0.2, 0.25) is 5.95 Å². The van der Waals surface area contributed by atoms with Crippen LogP contribution in [0.15, 0.2) is 46.2 Å². The van der Waals surface area contributed by atoms with Crippen LogP contribution in [0, 0.1) is 24.5 Å². The molecular formula is C29H29ClF2N6O4S. The molecule has 0 saturated carbocycles. The Hall–Kier alpha value is -3.97. The van der Waals surface area contributed by atoms with Gasteiger partial charge in [-0.1, -0.05) is 17.7 Å². The highest BCUT2D eigenvalue weighted by Gasteiger charge is 2.38. The highest BCUT2D eigenvalue weighted by molar-refractivity contribution is 7.11. The predicted octanol–water partition coefficient (Wildman–Crippen LogP) is 4.71. The zero-order chi connectivity index (χ0) is 30.7. The number of benzene rings is 1. The Morgan fingerprint density at radius 3 is 2.63 bits per heavy atom. The fourth-order valence-electron chi connectivity index (χ4n) is 5.19. The number of methoxy groups -OCH3 is 1. The number of thiazole rings is 1. The summed E-state index contributed by atoms with van der Waals surface area (Å²) in [6.45, 7) is 5.03. The maximum Gasteiger partial charge on any atom is 0.338 e. The summed E-state index contributed by atoms with van der Waals surface area (Å²) in [5, 5.41) is 5.21. The lowest BCUT2D eigenvalue weighted by Gasteiger charge is -2.36. The molecule has 43 heavy (non-hydrogen) atoms. The van der Waals surface area contributed by atoms with Gasteiger partial charge in [0.25, 0.3) is 0 Å². The van der Waals surface area contributed by atoms with Gasteiger partial charge in [0.05, 0.1) is 30.7 Å². The van der Waals surface area contributed by atoms with Crippen molar-refractivity contribution < 1.29 is 27.8 Å². The number of amidine groups is 1. The summed E-state index contributed by atoms with van der Waals surface area (Å²) in [6.07, 6.45) is 4.60. The molecule has 0 spiro atoms. The van der Waals surface area contributed by atoms with Gasteiger partial charge in [-0.25, -0.2) is 28.5 Å². The fourth-order valence-corrected chi connectivity index (χ4v) is 6.03. The van der Waals surface area contributed by atoms with E-state index in [-0.39, 0.29) is 29.4 Å². The number of carbonyl (C=O) groups excluding carboxylic acids is 2. The normalized spacial score (nSPS) is 17.4. The standard InChI is InChI=1S/C29H29ClF2N6O4S/c1-4-42-20(39)13-17-14-34-29(35-15(17)2)38-10-7-16(8-11-38)24-21(28(40)41-3)25(18-5-6-19(31)23(32)22(18)30)37-26(36-24)27-33-9-12-43-27/h5-6,9,12,14,16,25H,4,7-8,10-11,13H2,1-3H3,(H,36,37). The number of ether oxygens (including phenoxy) is 2. The van der Waals surface area contributed by atoms with Gasteiger partial charge in [-0.3, -0.25) is 9.79 Å². The average Bonchev–Trinajstić information content (AvgIpc) is 3.56. The number of allylic oxidation sites excluding steroid dienone is 1. The summed E-state index contributed by atoms with van der Waals surface area (Å²) in [5.74, 6) is -2.52. The summed E-state index contributed by atoms with van der Waals surface area (Å²) >= 11 is 7.61. The number of aromatic nitrogens is 3. The first-order valence-electron chi connectivity index (χ1n) is 13.6. The van der Waals surface area contributed by atoms with Gasteiger partial charge < -0.3 is 19.7 Å². The van der Waals surface area contributed by atoms with E-state index in [1.807, 2.05) is 11.8 Å². The molecule has 1 N–H and O–H groups in total. The van der Waals surface area contributed by atoms with Gasteiger partial charge in [0.1, 0.15) is 6.04 Å². The molecule has 1 saturated heterocycles. The van der Waals surface area contributed by atoms with Crippen LogP contribution in [-0.2, 0) is 25.5 Å². The third-order valence-electron chi connectivity index (χ3n) is 7.37. The number of hydrogen-bond acceptors (Lipinski definition) is 11. The average molecular weight is 631 g/mol. The minimum atomic E-state index is -1.22. The number of anilines is 1. The monoisotopic (exact) mass is 630 g/mol. The number of rotatable bonds is 8. The van der Waals surface area contributed by atoms with Crippen LogP contribution < -0.4 is 10.2 Å². The zero-order valence-electron chi connectivity index (χ0n) is 23.7. The third-order valence-corrected chi connectivity index (χ3v) is 8.53. The minimum Gasteiger partial charge on any atom is -0.466 e. The van der Waals surface area contributed by atoms with Crippen LogP contribution >= 0.6 is 22.9 Å². The van der Waals surface area contributed by atoms with Crippen molar-refractivity contribution in [1.29, 1.82) is 0 Å². The molecule has 0 amide bonds. The molecule has 226 valence electrons. The summed E-state index contributed by atoms with van der Waals surface area (Å²) in [5.41, 5.74) is 2.27. The van der Waals surface area contributed by atoms with Crippen LogP contribution in [0.3, 0.4) is 0 Å². The number of nitrogens with zero attached hydrogens (tertiary/aromatic N) is 5. The number of halogens is 3. The Morgan fingerprint density at radius 2 is 1.98 bits per heavy atom. The van der Waals surface area contributed by atoms with Gasteiger partial charge in [-0.05, 0) is 32.8 Å². The summed E-state index contributed by atoms with van der Waals surface area (Å²) in [4.78, 5) is 45.4. The first-order valence-corrected chi connectivity index (χ1v) is 14.9. The van der Waals surface area contributed by atoms with Crippen LogP contribution in [0.25, 0.3) is 0 Å². The largest absolute Gasteiger partial charge is 0.466 e. The highest BCUT2D eigenvalue weighted by Crippen LogP contribution is 2.41. The number of nitrogens with one attached hydrogen (secondary N) is 1. The molecule has 1 unspecified atom stereocenters. The van der Waals surface area contributed by atoms with Crippen molar-refractivity contribution in [2.24, 2.45) is 10.9 Å². The SMILES string of the molecule is CCOC(=O)Cc1cnc(N2CCC(C3=C(C(=O)OC)C(c4ccc(F)c(F)c4Cl)N=C(c4nccs4)N3)CC2)nc1C. The van der Waals surface area contributed by atoms with Crippen molar-refractivity contribution in [1.82, 2.24) is 20.3 Å². The van der Waals surface area contributed by atoms with Crippen molar-refractivity contribution in [2.75, 3.05) is 31.7 Å². The van der Waals surface area contributed by atoms with E-state index >= 15 is 0 Å². The minimum absolute atomic E-state index is 0.101. The highest BCUT2D eigenvalue weighted by atomic mass is 35.5. The van der Waals surface area contributed by atoms with E-state index in [0.29, 0.717) is 66.3 Å². The van der Waals surface area contributed by atoms with E-state index in [1.165, 1.54) is 24.5 Å². The lowest BCUT2D eigenvalue weighted by atomic mass is 9.85. The van der Waals surface area contributed by atoms with Crippen LogP contribution in [0.2, 0.25) is 5.02 Å². The van der Waals surface area contributed by atoms with E-state index in [2.05, 4.69) is 20.3 Å². The molecule has 1 fully saturated rings. The topological polar surface area (TPSA) is 119 Å². The van der Waals surface area contributed by atoms with E-state index in [0.717, 1.165) is 6.07 Å². The Kier molecular flexibility index (Phi) is 9.31. The fraction of sp³-hybridized carbons (Fsp3) is 0.379. The number of hydrogen-bond donors (Lipinski definition) is 1.